The van der Waals surface area contributed by atoms with Gasteiger partial charge < -0.3 is 10.3 Å². The fourth-order valence-corrected chi connectivity index (χ4v) is 3.11. The highest BCUT2D eigenvalue weighted by molar-refractivity contribution is 6.00. The fraction of sp³-hybridized carbons (Fsp3) is 0.235. The standard InChI is InChI=1S/C17H18N6O/c1-10-15-16(20-21-17(15)23(2)22-10)19-14(24)8-7-11-9-18-13-6-4-3-5-12(11)13/h3-6,9,18H,7-8H2,1-2H3,(H2,19,20,21,24). The van der Waals surface area contributed by atoms with Crippen molar-refractivity contribution >= 4 is 33.7 Å². The fourth-order valence-electron chi connectivity index (χ4n) is 3.11. The number of aromatic amines is 2. The molecule has 0 saturated carbocycles. The number of carbonyl (C=O) groups is 1. The van der Waals surface area contributed by atoms with Gasteiger partial charge in [-0.05, 0) is 25.0 Å². The molecule has 0 spiro atoms. The molecule has 1 amide bonds. The van der Waals surface area contributed by atoms with Crippen molar-refractivity contribution in [3.05, 3.63) is 41.7 Å². The van der Waals surface area contributed by atoms with Crippen LogP contribution in [0, 0.1) is 6.92 Å². The molecule has 0 atom stereocenters. The van der Waals surface area contributed by atoms with Gasteiger partial charge in [-0.25, -0.2) is 4.68 Å². The molecule has 0 aliphatic carbocycles. The average molecular weight is 322 g/mol. The largest absolute Gasteiger partial charge is 0.361 e. The van der Waals surface area contributed by atoms with Crippen molar-refractivity contribution in [1.82, 2.24) is 25.0 Å². The van der Waals surface area contributed by atoms with Crippen LogP contribution < -0.4 is 5.32 Å². The Morgan fingerprint density at radius 2 is 2.17 bits per heavy atom. The van der Waals surface area contributed by atoms with Crippen molar-refractivity contribution < 1.29 is 4.79 Å². The van der Waals surface area contributed by atoms with Gasteiger partial charge in [-0.2, -0.15) is 10.2 Å². The van der Waals surface area contributed by atoms with Gasteiger partial charge in [0.2, 0.25) is 5.91 Å². The van der Waals surface area contributed by atoms with E-state index in [1.54, 1.807) is 4.68 Å². The van der Waals surface area contributed by atoms with E-state index in [-0.39, 0.29) is 5.91 Å². The number of nitrogens with zero attached hydrogens (tertiary/aromatic N) is 3. The number of carbonyl (C=O) groups excluding carboxylic acids is 1. The number of hydrogen-bond donors (Lipinski definition) is 3. The number of benzene rings is 1. The molecule has 0 fully saturated rings. The van der Waals surface area contributed by atoms with Gasteiger partial charge in [0.25, 0.3) is 0 Å². The summed E-state index contributed by atoms with van der Waals surface area (Å²) >= 11 is 0. The molecule has 3 heterocycles. The zero-order valence-electron chi connectivity index (χ0n) is 13.6. The van der Waals surface area contributed by atoms with Crippen LogP contribution in [0.5, 0.6) is 0 Å². The minimum Gasteiger partial charge on any atom is -0.361 e. The Morgan fingerprint density at radius 1 is 1.33 bits per heavy atom. The molecule has 3 aromatic heterocycles. The molecule has 0 bridgehead atoms. The first-order chi connectivity index (χ1) is 11.6. The molecule has 1 aromatic carbocycles. The van der Waals surface area contributed by atoms with E-state index < -0.39 is 0 Å². The van der Waals surface area contributed by atoms with Crippen LogP contribution in [0.2, 0.25) is 0 Å². The molecule has 4 aromatic rings. The summed E-state index contributed by atoms with van der Waals surface area (Å²) in [5.41, 5.74) is 3.81. The Morgan fingerprint density at radius 3 is 3.04 bits per heavy atom. The van der Waals surface area contributed by atoms with Crippen LogP contribution >= 0.6 is 0 Å². The van der Waals surface area contributed by atoms with Gasteiger partial charge in [-0.3, -0.25) is 9.89 Å². The molecule has 4 rings (SSSR count). The third-order valence-corrected chi connectivity index (χ3v) is 4.28. The summed E-state index contributed by atoms with van der Waals surface area (Å²) in [6.45, 7) is 1.90. The van der Waals surface area contributed by atoms with Crippen LogP contribution in [-0.4, -0.2) is 30.9 Å². The molecule has 3 N–H and O–H groups in total. The maximum atomic E-state index is 12.3. The molecular formula is C17H18N6O. The molecule has 0 saturated heterocycles. The van der Waals surface area contributed by atoms with Crippen molar-refractivity contribution in [3.8, 4) is 0 Å². The van der Waals surface area contributed by atoms with Crippen molar-refractivity contribution in [2.45, 2.75) is 19.8 Å². The Bertz CT molecular complexity index is 1040. The lowest BCUT2D eigenvalue weighted by Gasteiger charge is -2.03. The van der Waals surface area contributed by atoms with Crippen LogP contribution in [0.4, 0.5) is 5.82 Å². The quantitative estimate of drug-likeness (QED) is 0.539. The topological polar surface area (TPSA) is 91.4 Å². The normalized spacial score (nSPS) is 11.4. The SMILES string of the molecule is Cc1nn(C)c2n[nH]c(NC(=O)CCc3c[nH]c4ccccc34)c12. The van der Waals surface area contributed by atoms with Crippen LogP contribution in [0.3, 0.4) is 0 Å². The lowest BCUT2D eigenvalue weighted by molar-refractivity contribution is -0.116. The highest BCUT2D eigenvalue weighted by Crippen LogP contribution is 2.24. The number of H-pyrrole nitrogens is 2. The lowest BCUT2D eigenvalue weighted by Crippen LogP contribution is -2.12. The monoisotopic (exact) mass is 322 g/mol. The summed E-state index contributed by atoms with van der Waals surface area (Å²) in [5.74, 6) is 0.564. The van der Waals surface area contributed by atoms with Gasteiger partial charge in [-0.15, -0.1) is 0 Å². The van der Waals surface area contributed by atoms with E-state index in [9.17, 15) is 4.79 Å². The number of anilines is 1. The predicted molar refractivity (Wildman–Crippen MR) is 92.8 cm³/mol. The number of rotatable bonds is 4. The lowest BCUT2D eigenvalue weighted by atomic mass is 10.1. The second kappa shape index (κ2) is 5.52. The summed E-state index contributed by atoms with van der Waals surface area (Å²) < 4.78 is 1.70. The molecule has 0 aliphatic heterocycles. The first kappa shape index (κ1) is 14.5. The first-order valence-electron chi connectivity index (χ1n) is 7.86. The summed E-state index contributed by atoms with van der Waals surface area (Å²) in [6, 6.07) is 8.10. The van der Waals surface area contributed by atoms with E-state index in [0.717, 1.165) is 33.2 Å². The number of amides is 1. The second-order valence-electron chi connectivity index (χ2n) is 5.91. The number of hydrogen-bond acceptors (Lipinski definition) is 3. The van der Waals surface area contributed by atoms with Gasteiger partial charge in [-0.1, -0.05) is 18.2 Å². The Hall–Kier alpha value is -3.09. The first-order valence-corrected chi connectivity index (χ1v) is 7.86. The molecule has 122 valence electrons. The average Bonchev–Trinajstić information content (AvgIpc) is 3.23. The number of fused-ring (bicyclic) bond motifs is 2. The van der Waals surface area contributed by atoms with Gasteiger partial charge in [0.15, 0.2) is 5.65 Å². The van der Waals surface area contributed by atoms with Crippen molar-refractivity contribution in [2.24, 2.45) is 7.05 Å². The van der Waals surface area contributed by atoms with Crippen LogP contribution in [0.25, 0.3) is 21.9 Å². The Labute approximate surface area is 138 Å². The van der Waals surface area contributed by atoms with E-state index in [1.165, 1.54) is 0 Å². The molecule has 0 radical (unpaired) electrons. The van der Waals surface area contributed by atoms with Gasteiger partial charge >= 0.3 is 0 Å². The predicted octanol–water partition coefficient (Wildman–Crippen LogP) is 2.66. The maximum Gasteiger partial charge on any atom is 0.225 e. The summed E-state index contributed by atoms with van der Waals surface area (Å²) in [5, 5.41) is 16.3. The zero-order chi connectivity index (χ0) is 16.7. The number of para-hydroxylation sites is 1. The smallest absolute Gasteiger partial charge is 0.225 e. The molecule has 7 nitrogen and oxygen atoms in total. The number of aryl methyl sites for hydroxylation is 3. The number of aromatic nitrogens is 5. The minimum atomic E-state index is -0.0471. The molecule has 0 unspecified atom stereocenters. The van der Waals surface area contributed by atoms with E-state index >= 15 is 0 Å². The molecular weight excluding hydrogens is 304 g/mol. The van der Waals surface area contributed by atoms with Crippen LogP contribution in [0.15, 0.2) is 30.5 Å². The molecule has 7 heteroatoms. The Kier molecular flexibility index (Phi) is 3.34. The van der Waals surface area contributed by atoms with Gasteiger partial charge in [0.05, 0.1) is 11.1 Å². The number of nitrogens with one attached hydrogen (secondary N) is 3. The van der Waals surface area contributed by atoms with Crippen LogP contribution in [0.1, 0.15) is 17.7 Å². The van der Waals surface area contributed by atoms with E-state index in [1.807, 2.05) is 38.4 Å². The molecule has 24 heavy (non-hydrogen) atoms. The highest BCUT2D eigenvalue weighted by Gasteiger charge is 2.15. The third-order valence-electron chi connectivity index (χ3n) is 4.28. The third kappa shape index (κ3) is 2.34. The van der Waals surface area contributed by atoms with Gasteiger partial charge in [0, 0.05) is 30.6 Å². The Balaban J connectivity index is 1.48. The van der Waals surface area contributed by atoms with E-state index in [0.29, 0.717) is 18.7 Å². The maximum absolute atomic E-state index is 12.3. The highest BCUT2D eigenvalue weighted by atomic mass is 16.1. The summed E-state index contributed by atoms with van der Waals surface area (Å²) in [7, 11) is 1.83. The summed E-state index contributed by atoms with van der Waals surface area (Å²) in [4.78, 5) is 15.5. The van der Waals surface area contributed by atoms with Crippen molar-refractivity contribution in [3.63, 3.8) is 0 Å². The van der Waals surface area contributed by atoms with Crippen molar-refractivity contribution in [1.29, 1.82) is 0 Å². The van der Waals surface area contributed by atoms with Crippen LogP contribution in [-0.2, 0) is 18.3 Å². The van der Waals surface area contributed by atoms with E-state index in [2.05, 4.69) is 31.7 Å². The zero-order valence-corrected chi connectivity index (χ0v) is 13.6. The summed E-state index contributed by atoms with van der Waals surface area (Å²) in [6.07, 6.45) is 3.05. The molecule has 0 aliphatic rings. The van der Waals surface area contributed by atoms with E-state index in [4.69, 9.17) is 0 Å². The second-order valence-corrected chi connectivity index (χ2v) is 5.91. The van der Waals surface area contributed by atoms with Gasteiger partial charge in [0.1, 0.15) is 5.82 Å². The van der Waals surface area contributed by atoms with Crippen molar-refractivity contribution in [2.75, 3.05) is 5.32 Å². The minimum absolute atomic E-state index is 0.0471.